The second-order valence-electron chi connectivity index (χ2n) is 7.07. The summed E-state index contributed by atoms with van der Waals surface area (Å²) >= 11 is 0. The molecule has 2 aliphatic rings. The van der Waals surface area contributed by atoms with Gasteiger partial charge in [-0.1, -0.05) is 12.1 Å². The number of hydrogen-bond acceptors (Lipinski definition) is 5. The number of imidazole rings is 1. The summed E-state index contributed by atoms with van der Waals surface area (Å²) in [7, 11) is -3.08. The van der Waals surface area contributed by atoms with Crippen LogP contribution in [0.15, 0.2) is 36.7 Å². The van der Waals surface area contributed by atoms with Crippen molar-refractivity contribution in [1.29, 1.82) is 0 Å². The van der Waals surface area contributed by atoms with Crippen molar-refractivity contribution in [2.24, 2.45) is 0 Å². The summed E-state index contributed by atoms with van der Waals surface area (Å²) in [5, 5.41) is 6.13. The van der Waals surface area contributed by atoms with Crippen molar-refractivity contribution >= 4 is 15.9 Å². The van der Waals surface area contributed by atoms with Gasteiger partial charge in [0, 0.05) is 43.8 Å². The van der Waals surface area contributed by atoms with Gasteiger partial charge in [-0.3, -0.25) is 0 Å². The highest BCUT2D eigenvalue weighted by molar-refractivity contribution is 7.91. The fourth-order valence-electron chi connectivity index (χ4n) is 3.82. The van der Waals surface area contributed by atoms with Gasteiger partial charge in [0.15, 0.2) is 9.84 Å². The van der Waals surface area contributed by atoms with Crippen LogP contribution in [-0.2, 0) is 16.4 Å². The number of benzene rings is 1. The van der Waals surface area contributed by atoms with Crippen LogP contribution in [0.1, 0.15) is 11.4 Å². The van der Waals surface area contributed by atoms with Crippen LogP contribution in [0.3, 0.4) is 0 Å². The largest absolute Gasteiger partial charge is 0.334 e. The Morgan fingerprint density at radius 2 is 2.07 bits per heavy atom. The molecule has 0 saturated carbocycles. The van der Waals surface area contributed by atoms with Crippen molar-refractivity contribution in [3.05, 3.63) is 48.0 Å². The van der Waals surface area contributed by atoms with E-state index in [1.54, 1.807) is 11.1 Å². The quantitative estimate of drug-likeness (QED) is 0.795. The zero-order chi connectivity index (χ0) is 19.0. The third-order valence-electron chi connectivity index (χ3n) is 5.23. The van der Waals surface area contributed by atoms with Crippen molar-refractivity contribution in [2.45, 2.75) is 25.6 Å². The normalized spacial score (nSPS) is 23.8. The molecule has 2 amide bonds. The third-order valence-corrected chi connectivity index (χ3v) is 6.94. The minimum atomic E-state index is -3.08. The number of rotatable bonds is 3. The molecule has 3 heterocycles. The summed E-state index contributed by atoms with van der Waals surface area (Å²) in [5.41, 5.74) is 2.00. The molecule has 27 heavy (non-hydrogen) atoms. The lowest BCUT2D eigenvalue weighted by Crippen LogP contribution is -2.60. The number of fused-ring (bicyclic) bond motifs is 1. The molecule has 1 aromatic carbocycles. The topological polar surface area (TPSA) is 96.3 Å². The van der Waals surface area contributed by atoms with E-state index >= 15 is 0 Å². The molecule has 2 aliphatic heterocycles. The fourth-order valence-corrected chi connectivity index (χ4v) is 5.78. The Balaban J connectivity index is 1.38. The van der Waals surface area contributed by atoms with Gasteiger partial charge in [-0.25, -0.2) is 18.2 Å². The molecule has 2 fully saturated rings. The molecule has 1 aromatic heterocycles. The highest BCUT2D eigenvalue weighted by Gasteiger charge is 2.44. The van der Waals surface area contributed by atoms with E-state index in [2.05, 4.69) is 15.6 Å². The summed E-state index contributed by atoms with van der Waals surface area (Å²) in [6.45, 7) is 3.47. The summed E-state index contributed by atoms with van der Waals surface area (Å²) < 4.78 is 25.8. The van der Waals surface area contributed by atoms with Crippen molar-refractivity contribution in [3.8, 4) is 5.69 Å². The van der Waals surface area contributed by atoms with Crippen LogP contribution in [0.2, 0.25) is 0 Å². The standard InChI is InChI=1S/C18H23N5O3S/c1-13-19-6-8-22(13)15-4-2-14(3-5-15)10-21-18(24)23-9-7-20-16-11-27(25,26)12-17(16)23/h2-6,8,16-17,20H,7,9-12H2,1H3,(H,21,24). The number of carbonyl (C=O) groups is 1. The number of hydrogen-bond donors (Lipinski definition) is 2. The molecule has 144 valence electrons. The highest BCUT2D eigenvalue weighted by atomic mass is 32.2. The van der Waals surface area contributed by atoms with Crippen LogP contribution in [0.5, 0.6) is 0 Å². The monoisotopic (exact) mass is 389 g/mol. The molecular weight excluding hydrogens is 366 g/mol. The number of aromatic nitrogens is 2. The average Bonchev–Trinajstić information content (AvgIpc) is 3.20. The van der Waals surface area contributed by atoms with E-state index in [-0.39, 0.29) is 29.6 Å². The van der Waals surface area contributed by atoms with Crippen LogP contribution in [0.4, 0.5) is 4.79 Å². The summed E-state index contributed by atoms with van der Waals surface area (Å²) in [6, 6.07) is 7.26. The Labute approximate surface area is 158 Å². The number of carbonyl (C=O) groups excluding carboxylic acids is 1. The van der Waals surface area contributed by atoms with Crippen LogP contribution >= 0.6 is 0 Å². The number of nitrogens with zero attached hydrogens (tertiary/aromatic N) is 3. The van der Waals surface area contributed by atoms with Crippen molar-refractivity contribution in [1.82, 2.24) is 25.1 Å². The number of amides is 2. The molecule has 0 spiro atoms. The average molecular weight is 389 g/mol. The minimum Gasteiger partial charge on any atom is -0.334 e. The Kier molecular flexibility index (Phi) is 4.65. The Morgan fingerprint density at radius 1 is 1.30 bits per heavy atom. The number of nitrogens with one attached hydrogen (secondary N) is 2. The van der Waals surface area contributed by atoms with Gasteiger partial charge in [-0.05, 0) is 24.6 Å². The molecule has 2 N–H and O–H groups in total. The van der Waals surface area contributed by atoms with Gasteiger partial charge in [0.1, 0.15) is 5.82 Å². The molecule has 8 nitrogen and oxygen atoms in total. The number of urea groups is 1. The van der Waals surface area contributed by atoms with Crippen LogP contribution < -0.4 is 10.6 Å². The zero-order valence-electron chi connectivity index (χ0n) is 15.1. The Bertz CT molecular complexity index is 938. The molecular formula is C18H23N5O3S. The summed E-state index contributed by atoms with van der Waals surface area (Å²) in [5.74, 6) is 1.06. The molecule has 4 rings (SSSR count). The van der Waals surface area contributed by atoms with Gasteiger partial charge < -0.3 is 20.1 Å². The van der Waals surface area contributed by atoms with Crippen LogP contribution in [0, 0.1) is 6.92 Å². The number of sulfone groups is 1. The molecule has 2 aromatic rings. The van der Waals surface area contributed by atoms with Crippen LogP contribution in [0.25, 0.3) is 5.69 Å². The molecule has 2 saturated heterocycles. The van der Waals surface area contributed by atoms with Gasteiger partial charge in [-0.2, -0.15) is 0 Å². The highest BCUT2D eigenvalue weighted by Crippen LogP contribution is 2.21. The first-order chi connectivity index (χ1) is 12.9. The van der Waals surface area contributed by atoms with E-state index in [0.717, 1.165) is 17.1 Å². The van der Waals surface area contributed by atoms with Gasteiger partial charge in [0.05, 0.1) is 17.5 Å². The van der Waals surface area contributed by atoms with E-state index in [0.29, 0.717) is 19.6 Å². The SMILES string of the molecule is Cc1nccn1-c1ccc(CNC(=O)N2CCNC3CS(=O)(=O)CC32)cc1. The van der Waals surface area contributed by atoms with E-state index in [4.69, 9.17) is 0 Å². The fraction of sp³-hybridized carbons (Fsp3) is 0.444. The first-order valence-electron chi connectivity index (χ1n) is 9.00. The maximum Gasteiger partial charge on any atom is 0.318 e. The lowest BCUT2D eigenvalue weighted by Gasteiger charge is -2.37. The van der Waals surface area contributed by atoms with Gasteiger partial charge in [-0.15, -0.1) is 0 Å². The molecule has 2 unspecified atom stereocenters. The lowest BCUT2D eigenvalue weighted by atomic mass is 10.1. The maximum absolute atomic E-state index is 12.6. The Morgan fingerprint density at radius 3 is 2.78 bits per heavy atom. The molecule has 0 bridgehead atoms. The predicted octanol–water partition coefficient (Wildman–Crippen LogP) is 0.461. The summed E-state index contributed by atoms with van der Waals surface area (Å²) in [6.07, 6.45) is 3.66. The number of aryl methyl sites for hydroxylation is 1. The first kappa shape index (κ1) is 18.0. The van der Waals surface area contributed by atoms with Gasteiger partial charge >= 0.3 is 6.03 Å². The zero-order valence-corrected chi connectivity index (χ0v) is 15.9. The van der Waals surface area contributed by atoms with Crippen LogP contribution in [-0.4, -0.2) is 65.6 Å². The van der Waals surface area contributed by atoms with E-state index in [9.17, 15) is 13.2 Å². The van der Waals surface area contributed by atoms with Gasteiger partial charge in [0.2, 0.25) is 0 Å². The summed E-state index contributed by atoms with van der Waals surface area (Å²) in [4.78, 5) is 18.5. The van der Waals surface area contributed by atoms with Crippen molar-refractivity contribution in [2.75, 3.05) is 24.6 Å². The molecule has 2 atom stereocenters. The second-order valence-corrected chi connectivity index (χ2v) is 9.22. The molecule has 0 aliphatic carbocycles. The smallest absolute Gasteiger partial charge is 0.318 e. The van der Waals surface area contributed by atoms with E-state index in [1.807, 2.05) is 42.0 Å². The van der Waals surface area contributed by atoms with E-state index < -0.39 is 9.84 Å². The molecule has 9 heteroatoms. The minimum absolute atomic E-state index is 0.0387. The number of piperazine rings is 1. The van der Waals surface area contributed by atoms with Crippen molar-refractivity contribution in [3.63, 3.8) is 0 Å². The van der Waals surface area contributed by atoms with Gasteiger partial charge in [0.25, 0.3) is 0 Å². The van der Waals surface area contributed by atoms with Crippen molar-refractivity contribution < 1.29 is 13.2 Å². The Hall–Kier alpha value is -2.39. The third kappa shape index (κ3) is 3.70. The lowest BCUT2D eigenvalue weighted by molar-refractivity contribution is 0.151. The second kappa shape index (κ2) is 6.97. The van der Waals surface area contributed by atoms with E-state index in [1.165, 1.54) is 0 Å². The predicted molar refractivity (Wildman–Crippen MR) is 101 cm³/mol. The molecule has 0 radical (unpaired) electrons. The maximum atomic E-state index is 12.6. The first-order valence-corrected chi connectivity index (χ1v) is 10.8.